The molecule has 2 saturated heterocycles. The Hall–Kier alpha value is -0.770. The Bertz CT molecular complexity index is 208. The van der Waals surface area contributed by atoms with E-state index < -0.39 is 0 Å². The van der Waals surface area contributed by atoms with Gasteiger partial charge in [0.05, 0.1) is 12.6 Å². The zero-order chi connectivity index (χ0) is 9.26. The van der Waals surface area contributed by atoms with Crippen LogP contribution in [0.5, 0.6) is 0 Å². The number of nitrogens with one attached hydrogen (secondary N) is 1. The van der Waals surface area contributed by atoms with Gasteiger partial charge in [0, 0.05) is 19.6 Å². The molecule has 4 heteroatoms. The van der Waals surface area contributed by atoms with Crippen LogP contribution >= 0.6 is 0 Å². The molecular formula is C9H16N2O2. The number of carbonyl (C=O) groups is 1. The second kappa shape index (κ2) is 3.54. The summed E-state index contributed by atoms with van der Waals surface area (Å²) >= 11 is 0. The molecular weight excluding hydrogens is 168 g/mol. The predicted molar refractivity (Wildman–Crippen MR) is 48.5 cm³/mol. The van der Waals surface area contributed by atoms with E-state index in [2.05, 4.69) is 5.32 Å². The lowest BCUT2D eigenvalue weighted by Gasteiger charge is -2.22. The molecule has 0 aromatic heterocycles. The topological polar surface area (TPSA) is 41.6 Å². The molecule has 1 N–H and O–H groups in total. The second-order valence-electron chi connectivity index (χ2n) is 3.67. The van der Waals surface area contributed by atoms with Crippen LogP contribution in [0, 0.1) is 5.92 Å². The van der Waals surface area contributed by atoms with Crippen molar-refractivity contribution in [1.29, 1.82) is 0 Å². The molecule has 0 spiro atoms. The third-order valence-electron chi connectivity index (χ3n) is 2.95. The molecule has 13 heavy (non-hydrogen) atoms. The lowest BCUT2D eigenvalue weighted by atomic mass is 10.1. The van der Waals surface area contributed by atoms with Crippen molar-refractivity contribution < 1.29 is 9.53 Å². The van der Waals surface area contributed by atoms with E-state index in [1.165, 1.54) is 0 Å². The zero-order valence-corrected chi connectivity index (χ0v) is 7.95. The highest BCUT2D eigenvalue weighted by atomic mass is 16.6. The zero-order valence-electron chi connectivity index (χ0n) is 7.95. The van der Waals surface area contributed by atoms with Crippen molar-refractivity contribution in [2.75, 3.05) is 26.2 Å². The minimum atomic E-state index is -0.140. The van der Waals surface area contributed by atoms with Crippen molar-refractivity contribution in [2.45, 2.75) is 19.4 Å². The lowest BCUT2D eigenvalue weighted by molar-refractivity contribution is 0.103. The largest absolute Gasteiger partial charge is 0.450 e. The monoisotopic (exact) mass is 184 g/mol. The molecule has 0 unspecified atom stereocenters. The van der Waals surface area contributed by atoms with E-state index >= 15 is 0 Å². The molecule has 2 aliphatic rings. The predicted octanol–water partition coefficient (Wildman–Crippen LogP) is 0.437. The third-order valence-corrected chi connectivity index (χ3v) is 2.95. The van der Waals surface area contributed by atoms with E-state index in [1.807, 2.05) is 11.8 Å². The van der Waals surface area contributed by atoms with Crippen LogP contribution in [0.2, 0.25) is 0 Å². The van der Waals surface area contributed by atoms with Crippen LogP contribution in [-0.4, -0.2) is 43.3 Å². The highest BCUT2D eigenvalue weighted by molar-refractivity contribution is 5.68. The van der Waals surface area contributed by atoms with Crippen LogP contribution in [0.1, 0.15) is 13.3 Å². The fourth-order valence-corrected chi connectivity index (χ4v) is 2.28. The molecule has 1 amide bonds. The maximum Gasteiger partial charge on any atom is 0.410 e. The fraction of sp³-hybridized carbons (Fsp3) is 0.889. The number of carbonyl (C=O) groups excluding carboxylic acids is 1. The van der Waals surface area contributed by atoms with E-state index in [0.717, 1.165) is 26.1 Å². The molecule has 0 aromatic rings. The minimum Gasteiger partial charge on any atom is -0.450 e. The average molecular weight is 184 g/mol. The summed E-state index contributed by atoms with van der Waals surface area (Å²) in [6, 6.07) is 0.388. The van der Waals surface area contributed by atoms with Crippen LogP contribution < -0.4 is 5.32 Å². The van der Waals surface area contributed by atoms with Crippen molar-refractivity contribution in [2.24, 2.45) is 5.92 Å². The van der Waals surface area contributed by atoms with Gasteiger partial charge < -0.3 is 15.0 Å². The number of hydrogen-bond donors (Lipinski definition) is 1. The van der Waals surface area contributed by atoms with Crippen molar-refractivity contribution in [3.05, 3.63) is 0 Å². The molecule has 0 bridgehead atoms. The van der Waals surface area contributed by atoms with Gasteiger partial charge in [0.1, 0.15) is 0 Å². The molecule has 2 rings (SSSR count). The van der Waals surface area contributed by atoms with Gasteiger partial charge in [0.25, 0.3) is 0 Å². The molecule has 0 aliphatic carbocycles. The van der Waals surface area contributed by atoms with Gasteiger partial charge in [0.15, 0.2) is 0 Å². The quantitative estimate of drug-likeness (QED) is 0.643. The average Bonchev–Trinajstić information content (AvgIpc) is 2.62. The van der Waals surface area contributed by atoms with Crippen molar-refractivity contribution in [1.82, 2.24) is 10.2 Å². The van der Waals surface area contributed by atoms with Crippen LogP contribution in [0.15, 0.2) is 0 Å². The van der Waals surface area contributed by atoms with Gasteiger partial charge in [-0.2, -0.15) is 0 Å². The number of rotatable bonds is 1. The second-order valence-corrected chi connectivity index (χ2v) is 3.67. The molecule has 0 radical (unpaired) electrons. The summed E-state index contributed by atoms with van der Waals surface area (Å²) in [5, 5.41) is 3.30. The standard InChI is InChI=1S/C9H16N2O2/c1-2-13-9(12)11-4-3-7-5-10-6-8(7)11/h7-8,10H,2-6H2,1H3/t7-,8+/m1/s1. The fourth-order valence-electron chi connectivity index (χ4n) is 2.28. The first-order valence-corrected chi connectivity index (χ1v) is 4.97. The smallest absolute Gasteiger partial charge is 0.410 e. The summed E-state index contributed by atoms with van der Waals surface area (Å²) in [5.74, 6) is 0.657. The number of amides is 1. The molecule has 2 aliphatic heterocycles. The van der Waals surface area contributed by atoms with E-state index in [-0.39, 0.29) is 6.09 Å². The lowest BCUT2D eigenvalue weighted by Crippen LogP contribution is -2.39. The van der Waals surface area contributed by atoms with Crippen LogP contribution in [0.25, 0.3) is 0 Å². The SMILES string of the molecule is CCOC(=O)N1CC[C@@H]2CNC[C@@H]21. The Balaban J connectivity index is 1.96. The van der Waals surface area contributed by atoms with Crippen molar-refractivity contribution in [3.8, 4) is 0 Å². The first kappa shape index (κ1) is 8.81. The number of likely N-dealkylation sites (tertiary alicyclic amines) is 1. The third kappa shape index (κ3) is 1.50. The molecule has 4 nitrogen and oxygen atoms in total. The Morgan fingerprint density at radius 2 is 2.46 bits per heavy atom. The van der Waals surface area contributed by atoms with Crippen molar-refractivity contribution >= 4 is 6.09 Å². The summed E-state index contributed by atoms with van der Waals surface area (Å²) in [5.41, 5.74) is 0. The van der Waals surface area contributed by atoms with Gasteiger partial charge in [-0.3, -0.25) is 0 Å². The van der Waals surface area contributed by atoms with Gasteiger partial charge >= 0.3 is 6.09 Å². The number of fused-ring (bicyclic) bond motifs is 1. The number of nitrogens with zero attached hydrogens (tertiary/aromatic N) is 1. The molecule has 0 saturated carbocycles. The van der Waals surface area contributed by atoms with Gasteiger partial charge in [0.2, 0.25) is 0 Å². The Labute approximate surface area is 78.2 Å². The number of ether oxygens (including phenoxy) is 1. The van der Waals surface area contributed by atoms with E-state index in [1.54, 1.807) is 0 Å². The Kier molecular flexibility index (Phi) is 2.40. The normalized spacial score (nSPS) is 31.9. The maximum absolute atomic E-state index is 11.5. The first-order valence-electron chi connectivity index (χ1n) is 4.97. The van der Waals surface area contributed by atoms with Gasteiger partial charge in [-0.15, -0.1) is 0 Å². The number of hydrogen-bond acceptors (Lipinski definition) is 3. The van der Waals surface area contributed by atoms with Gasteiger partial charge in [-0.25, -0.2) is 4.79 Å². The van der Waals surface area contributed by atoms with E-state index in [9.17, 15) is 4.79 Å². The van der Waals surface area contributed by atoms with Crippen LogP contribution in [0.3, 0.4) is 0 Å². The van der Waals surface area contributed by atoms with Gasteiger partial charge in [-0.1, -0.05) is 0 Å². The molecule has 74 valence electrons. The highest BCUT2D eigenvalue weighted by Crippen LogP contribution is 2.27. The molecule has 2 fully saturated rings. The Morgan fingerprint density at radius 3 is 3.23 bits per heavy atom. The Morgan fingerprint density at radius 1 is 1.62 bits per heavy atom. The van der Waals surface area contributed by atoms with E-state index in [4.69, 9.17) is 4.74 Å². The first-order chi connectivity index (χ1) is 6.33. The maximum atomic E-state index is 11.5. The van der Waals surface area contributed by atoms with Crippen LogP contribution in [0.4, 0.5) is 4.79 Å². The summed E-state index contributed by atoms with van der Waals surface area (Å²) in [4.78, 5) is 13.3. The summed E-state index contributed by atoms with van der Waals surface area (Å²) in [6.45, 7) is 5.18. The minimum absolute atomic E-state index is 0.140. The summed E-state index contributed by atoms with van der Waals surface area (Å²) in [7, 11) is 0. The highest BCUT2D eigenvalue weighted by Gasteiger charge is 2.40. The molecule has 0 aromatic carbocycles. The van der Waals surface area contributed by atoms with Crippen LogP contribution in [-0.2, 0) is 4.74 Å². The van der Waals surface area contributed by atoms with Gasteiger partial charge in [-0.05, 0) is 19.3 Å². The van der Waals surface area contributed by atoms with Crippen molar-refractivity contribution in [3.63, 3.8) is 0 Å². The molecule has 2 heterocycles. The summed E-state index contributed by atoms with van der Waals surface area (Å²) < 4.78 is 4.99. The van der Waals surface area contributed by atoms with E-state index in [0.29, 0.717) is 18.6 Å². The summed E-state index contributed by atoms with van der Waals surface area (Å²) in [6.07, 6.45) is 0.981. The molecule has 2 atom stereocenters.